The molecule has 21 heavy (non-hydrogen) atoms. The third-order valence-electron chi connectivity index (χ3n) is 3.64. The number of para-hydroxylation sites is 1. The van der Waals surface area contributed by atoms with Gasteiger partial charge in [0.25, 0.3) is 0 Å². The van der Waals surface area contributed by atoms with Gasteiger partial charge >= 0.3 is 0 Å². The van der Waals surface area contributed by atoms with E-state index in [2.05, 4.69) is 24.3 Å². The highest BCUT2D eigenvalue weighted by molar-refractivity contribution is 5.73. The van der Waals surface area contributed by atoms with E-state index in [0.29, 0.717) is 18.8 Å². The van der Waals surface area contributed by atoms with Gasteiger partial charge in [-0.3, -0.25) is 4.68 Å². The fourth-order valence-corrected chi connectivity index (χ4v) is 2.29. The minimum Gasteiger partial charge on any atom is -0.491 e. The molecule has 2 aromatic rings. The molecule has 1 aromatic carbocycles. The van der Waals surface area contributed by atoms with E-state index in [9.17, 15) is 0 Å². The van der Waals surface area contributed by atoms with Crippen molar-refractivity contribution < 1.29 is 4.74 Å². The van der Waals surface area contributed by atoms with Gasteiger partial charge in [0.15, 0.2) is 0 Å². The molecule has 1 heterocycles. The zero-order chi connectivity index (χ0) is 15.4. The summed E-state index contributed by atoms with van der Waals surface area (Å²) in [5, 5.41) is 7.81. The third kappa shape index (κ3) is 3.29. The number of aromatic nitrogens is 2. The van der Waals surface area contributed by atoms with Gasteiger partial charge in [-0.05, 0) is 32.4 Å². The van der Waals surface area contributed by atoms with E-state index in [1.54, 1.807) is 0 Å². The molecule has 114 valence electrons. The number of hydrogen-bond acceptors (Lipinski definition) is 4. The highest BCUT2D eigenvalue weighted by Gasteiger charge is 2.11. The summed E-state index contributed by atoms with van der Waals surface area (Å²) in [6, 6.07) is 5.82. The number of hydrogen-bond donors (Lipinski definition) is 2. The van der Waals surface area contributed by atoms with Gasteiger partial charge in [-0.1, -0.05) is 13.0 Å². The van der Waals surface area contributed by atoms with Gasteiger partial charge in [-0.2, -0.15) is 5.10 Å². The topological polar surface area (TPSA) is 65.1 Å². The van der Waals surface area contributed by atoms with E-state index in [4.69, 9.17) is 10.5 Å². The van der Waals surface area contributed by atoms with Crippen LogP contribution in [0.3, 0.4) is 0 Å². The second-order valence-electron chi connectivity index (χ2n) is 5.19. The minimum absolute atomic E-state index is 0.658. The maximum Gasteiger partial charge on any atom is 0.144 e. The monoisotopic (exact) mass is 288 g/mol. The van der Waals surface area contributed by atoms with Crippen LogP contribution in [0.15, 0.2) is 18.2 Å². The first-order valence-corrected chi connectivity index (χ1v) is 7.28. The first kappa shape index (κ1) is 15.2. The average molecular weight is 288 g/mol. The Morgan fingerprint density at radius 1 is 1.33 bits per heavy atom. The number of benzene rings is 1. The zero-order valence-corrected chi connectivity index (χ0v) is 13.2. The molecule has 5 nitrogen and oxygen atoms in total. The standard InChI is InChI=1S/C16H24N4O/c1-5-9-21-15-8-6-7-14(16(15)17)18-10-13-11(2)19-20(4)12(13)3/h6-8,18H,5,9-10,17H2,1-4H3. The summed E-state index contributed by atoms with van der Waals surface area (Å²) < 4.78 is 7.55. The maximum atomic E-state index is 6.16. The lowest BCUT2D eigenvalue weighted by atomic mass is 10.2. The molecule has 0 aliphatic heterocycles. The largest absolute Gasteiger partial charge is 0.491 e. The first-order chi connectivity index (χ1) is 10.0. The number of aryl methyl sites for hydroxylation is 2. The number of nitrogen functional groups attached to an aromatic ring is 1. The third-order valence-corrected chi connectivity index (χ3v) is 3.64. The quantitative estimate of drug-likeness (QED) is 0.802. The van der Waals surface area contributed by atoms with Crippen LogP contribution >= 0.6 is 0 Å². The fraction of sp³-hybridized carbons (Fsp3) is 0.438. The Kier molecular flexibility index (Phi) is 4.73. The van der Waals surface area contributed by atoms with Crippen molar-refractivity contribution in [1.29, 1.82) is 0 Å². The van der Waals surface area contributed by atoms with Crippen LogP contribution in [0.2, 0.25) is 0 Å². The fourth-order valence-electron chi connectivity index (χ4n) is 2.29. The van der Waals surface area contributed by atoms with Crippen molar-refractivity contribution in [1.82, 2.24) is 9.78 Å². The van der Waals surface area contributed by atoms with Crippen molar-refractivity contribution in [2.75, 3.05) is 17.7 Å². The van der Waals surface area contributed by atoms with E-state index in [1.165, 1.54) is 5.56 Å². The van der Waals surface area contributed by atoms with Gasteiger partial charge in [0, 0.05) is 24.8 Å². The summed E-state index contributed by atoms with van der Waals surface area (Å²) in [6.07, 6.45) is 0.963. The van der Waals surface area contributed by atoms with Crippen LogP contribution < -0.4 is 15.8 Å². The number of rotatable bonds is 6. The number of nitrogens with one attached hydrogen (secondary N) is 1. The summed E-state index contributed by atoms with van der Waals surface area (Å²) >= 11 is 0. The molecule has 0 unspecified atom stereocenters. The van der Waals surface area contributed by atoms with Crippen molar-refractivity contribution in [2.24, 2.45) is 7.05 Å². The van der Waals surface area contributed by atoms with Crippen LogP contribution in [-0.4, -0.2) is 16.4 Å². The van der Waals surface area contributed by atoms with Gasteiger partial charge in [0.2, 0.25) is 0 Å². The Morgan fingerprint density at radius 3 is 2.71 bits per heavy atom. The van der Waals surface area contributed by atoms with Gasteiger partial charge in [0.1, 0.15) is 5.75 Å². The number of anilines is 2. The lowest BCUT2D eigenvalue weighted by molar-refractivity contribution is 0.319. The van der Waals surface area contributed by atoms with Gasteiger partial charge < -0.3 is 15.8 Å². The summed E-state index contributed by atoms with van der Waals surface area (Å²) in [7, 11) is 1.96. The molecule has 1 aromatic heterocycles. The zero-order valence-electron chi connectivity index (χ0n) is 13.2. The molecule has 0 fully saturated rings. The highest BCUT2D eigenvalue weighted by Crippen LogP contribution is 2.30. The molecule has 3 N–H and O–H groups in total. The molecule has 2 rings (SSSR count). The molecule has 0 saturated heterocycles. The van der Waals surface area contributed by atoms with Crippen LogP contribution in [0.25, 0.3) is 0 Å². The van der Waals surface area contributed by atoms with E-state index >= 15 is 0 Å². The normalized spacial score (nSPS) is 10.7. The highest BCUT2D eigenvalue weighted by atomic mass is 16.5. The summed E-state index contributed by atoms with van der Waals surface area (Å²) in [5.74, 6) is 0.737. The number of ether oxygens (including phenoxy) is 1. The Labute approximate surface area is 126 Å². The SMILES string of the molecule is CCCOc1cccc(NCc2c(C)nn(C)c2C)c1N. The molecule has 0 radical (unpaired) electrons. The molecule has 0 bridgehead atoms. The van der Waals surface area contributed by atoms with Crippen molar-refractivity contribution in [3.8, 4) is 5.75 Å². The van der Waals surface area contributed by atoms with Gasteiger partial charge in [-0.15, -0.1) is 0 Å². The Balaban J connectivity index is 2.13. The average Bonchev–Trinajstić information content (AvgIpc) is 2.70. The first-order valence-electron chi connectivity index (χ1n) is 7.28. The van der Waals surface area contributed by atoms with E-state index in [1.807, 2.05) is 36.9 Å². The van der Waals surface area contributed by atoms with Crippen LogP contribution in [-0.2, 0) is 13.6 Å². The number of nitrogens with zero attached hydrogens (tertiary/aromatic N) is 2. The predicted molar refractivity (Wildman–Crippen MR) is 86.6 cm³/mol. The van der Waals surface area contributed by atoms with Crippen LogP contribution in [0.5, 0.6) is 5.75 Å². The van der Waals surface area contributed by atoms with Gasteiger partial charge in [-0.25, -0.2) is 0 Å². The second kappa shape index (κ2) is 6.52. The summed E-state index contributed by atoms with van der Waals surface area (Å²) in [4.78, 5) is 0. The van der Waals surface area contributed by atoms with Crippen molar-refractivity contribution in [3.05, 3.63) is 35.2 Å². The molecule has 0 saturated carbocycles. The molecule has 0 aliphatic carbocycles. The minimum atomic E-state index is 0.658. The van der Waals surface area contributed by atoms with Crippen molar-refractivity contribution >= 4 is 11.4 Å². The predicted octanol–water partition coefficient (Wildman–Crippen LogP) is 3.02. The van der Waals surface area contributed by atoms with Crippen LogP contribution in [0.1, 0.15) is 30.3 Å². The Morgan fingerprint density at radius 2 is 2.10 bits per heavy atom. The van der Waals surface area contributed by atoms with Crippen molar-refractivity contribution in [2.45, 2.75) is 33.7 Å². The lowest BCUT2D eigenvalue weighted by Gasteiger charge is -2.13. The Bertz CT molecular complexity index is 619. The number of nitrogens with two attached hydrogens (primary N) is 1. The van der Waals surface area contributed by atoms with Crippen molar-refractivity contribution in [3.63, 3.8) is 0 Å². The smallest absolute Gasteiger partial charge is 0.144 e. The van der Waals surface area contributed by atoms with Crippen LogP contribution in [0, 0.1) is 13.8 Å². The lowest BCUT2D eigenvalue weighted by Crippen LogP contribution is -2.06. The summed E-state index contributed by atoms with van der Waals surface area (Å²) in [5.41, 5.74) is 11.1. The molecular weight excluding hydrogens is 264 g/mol. The van der Waals surface area contributed by atoms with Gasteiger partial charge in [0.05, 0.1) is 23.7 Å². The molecule has 0 amide bonds. The van der Waals surface area contributed by atoms with Crippen LogP contribution in [0.4, 0.5) is 11.4 Å². The molecule has 0 atom stereocenters. The van der Waals surface area contributed by atoms with E-state index in [0.717, 1.165) is 29.2 Å². The molecule has 0 spiro atoms. The second-order valence-corrected chi connectivity index (χ2v) is 5.19. The Hall–Kier alpha value is -2.17. The molecule has 0 aliphatic rings. The summed E-state index contributed by atoms with van der Waals surface area (Å²) in [6.45, 7) is 7.54. The van der Waals surface area contributed by atoms with E-state index < -0.39 is 0 Å². The maximum absolute atomic E-state index is 6.16. The molecule has 5 heteroatoms. The van der Waals surface area contributed by atoms with E-state index in [-0.39, 0.29) is 0 Å². The molecular formula is C16H24N4O.